The van der Waals surface area contributed by atoms with Crippen molar-refractivity contribution in [1.82, 2.24) is 0 Å². The summed E-state index contributed by atoms with van der Waals surface area (Å²) in [5.41, 5.74) is 2.44. The number of ketones is 1. The molecule has 0 radical (unpaired) electrons. The third-order valence-electron chi connectivity index (χ3n) is 2.24. The summed E-state index contributed by atoms with van der Waals surface area (Å²) in [5.74, 6) is -1.04. The minimum absolute atomic E-state index is 0.0412. The molecule has 0 unspecified atom stereocenters. The summed E-state index contributed by atoms with van der Waals surface area (Å²) in [6, 6.07) is 5.43. The minimum atomic E-state index is -0.900. The molecule has 1 aromatic rings. The number of aryl methyl sites for hydroxylation is 1. The Bertz CT molecular complexity index is 413. The molecule has 3 nitrogen and oxygen atoms in total. The molecule has 0 saturated heterocycles. The molecule has 1 aromatic carbocycles. The molecule has 0 aliphatic heterocycles. The molecular formula is C12H13ClO3. The Morgan fingerprint density at radius 1 is 1.25 bits per heavy atom. The number of carboxylic acid groups (broad SMARTS) is 1. The van der Waals surface area contributed by atoms with Crippen LogP contribution in [0.2, 0.25) is 0 Å². The van der Waals surface area contributed by atoms with Crippen LogP contribution < -0.4 is 0 Å². The summed E-state index contributed by atoms with van der Waals surface area (Å²) < 4.78 is 0. The van der Waals surface area contributed by atoms with E-state index >= 15 is 0 Å². The molecule has 16 heavy (non-hydrogen) atoms. The molecule has 0 amide bonds. The van der Waals surface area contributed by atoms with Crippen molar-refractivity contribution in [3.8, 4) is 0 Å². The van der Waals surface area contributed by atoms with Crippen LogP contribution in [0.5, 0.6) is 0 Å². The maximum atomic E-state index is 11.3. The summed E-state index contributed by atoms with van der Waals surface area (Å²) in [7, 11) is 0. The second kappa shape index (κ2) is 5.66. The Morgan fingerprint density at radius 2 is 1.94 bits per heavy atom. The first-order valence-corrected chi connectivity index (χ1v) is 5.44. The van der Waals surface area contributed by atoms with Crippen LogP contribution in [-0.2, 0) is 22.4 Å². The minimum Gasteiger partial charge on any atom is -0.481 e. The van der Waals surface area contributed by atoms with E-state index in [0.29, 0.717) is 5.56 Å². The van der Waals surface area contributed by atoms with Crippen molar-refractivity contribution in [2.24, 2.45) is 0 Å². The monoisotopic (exact) mass is 240 g/mol. The summed E-state index contributed by atoms with van der Waals surface area (Å²) >= 11 is 5.43. The van der Waals surface area contributed by atoms with E-state index in [-0.39, 0.29) is 24.5 Å². The number of benzene rings is 1. The Balaban J connectivity index is 2.98. The summed E-state index contributed by atoms with van der Waals surface area (Å²) in [6.07, 6.45) is 0.138. The van der Waals surface area contributed by atoms with Crippen molar-refractivity contribution in [2.75, 3.05) is 5.88 Å². The van der Waals surface area contributed by atoms with Crippen molar-refractivity contribution >= 4 is 23.4 Å². The average Bonchev–Trinajstić information content (AvgIpc) is 2.21. The van der Waals surface area contributed by atoms with Gasteiger partial charge in [0.1, 0.15) is 0 Å². The molecule has 0 fully saturated rings. The zero-order valence-corrected chi connectivity index (χ0v) is 9.75. The van der Waals surface area contributed by atoms with Gasteiger partial charge in [-0.15, -0.1) is 11.6 Å². The highest BCUT2D eigenvalue weighted by molar-refractivity contribution is 6.27. The molecule has 0 saturated carbocycles. The average molecular weight is 241 g/mol. The van der Waals surface area contributed by atoms with Crippen LogP contribution in [0, 0.1) is 6.92 Å². The molecule has 0 aliphatic carbocycles. The smallest absolute Gasteiger partial charge is 0.307 e. The van der Waals surface area contributed by atoms with Gasteiger partial charge in [0, 0.05) is 6.42 Å². The van der Waals surface area contributed by atoms with Crippen molar-refractivity contribution in [1.29, 1.82) is 0 Å². The second-order valence-electron chi connectivity index (χ2n) is 3.69. The fraction of sp³-hybridized carbons (Fsp3) is 0.333. The molecule has 4 heteroatoms. The van der Waals surface area contributed by atoms with Crippen LogP contribution in [0.15, 0.2) is 18.2 Å². The Labute approximate surface area is 99.0 Å². The van der Waals surface area contributed by atoms with Crippen LogP contribution in [0.4, 0.5) is 0 Å². The van der Waals surface area contributed by atoms with Crippen LogP contribution >= 0.6 is 11.6 Å². The quantitative estimate of drug-likeness (QED) is 0.801. The van der Waals surface area contributed by atoms with Gasteiger partial charge in [-0.3, -0.25) is 9.59 Å². The summed E-state index contributed by atoms with van der Waals surface area (Å²) in [4.78, 5) is 21.9. The lowest BCUT2D eigenvalue weighted by atomic mass is 9.98. The highest BCUT2D eigenvalue weighted by Crippen LogP contribution is 2.14. The SMILES string of the molecule is Cc1ccc(CC(=O)O)c(CC(=O)CCl)c1. The van der Waals surface area contributed by atoms with Gasteiger partial charge in [0.25, 0.3) is 0 Å². The van der Waals surface area contributed by atoms with Crippen LogP contribution in [0.3, 0.4) is 0 Å². The van der Waals surface area contributed by atoms with Gasteiger partial charge in [0.2, 0.25) is 0 Å². The summed E-state index contributed by atoms with van der Waals surface area (Å²) in [5, 5.41) is 8.74. The van der Waals surface area contributed by atoms with Crippen molar-refractivity contribution in [3.05, 3.63) is 34.9 Å². The first-order valence-electron chi connectivity index (χ1n) is 4.90. The number of rotatable bonds is 5. The van der Waals surface area contributed by atoms with E-state index in [9.17, 15) is 9.59 Å². The van der Waals surface area contributed by atoms with E-state index in [1.54, 1.807) is 6.07 Å². The second-order valence-corrected chi connectivity index (χ2v) is 3.96. The van der Waals surface area contributed by atoms with Gasteiger partial charge in [-0.1, -0.05) is 23.8 Å². The van der Waals surface area contributed by atoms with Crippen LogP contribution in [0.25, 0.3) is 0 Å². The number of halogens is 1. The highest BCUT2D eigenvalue weighted by atomic mass is 35.5. The first-order chi connectivity index (χ1) is 7.52. The lowest BCUT2D eigenvalue weighted by molar-refractivity contribution is -0.136. The number of Topliss-reactive ketones (excluding diaryl/α,β-unsaturated/α-hetero) is 1. The molecular weight excluding hydrogens is 228 g/mol. The van der Waals surface area contributed by atoms with Gasteiger partial charge in [0.05, 0.1) is 12.3 Å². The Hall–Kier alpha value is -1.35. The third-order valence-corrected chi connectivity index (χ3v) is 2.54. The number of alkyl halides is 1. The molecule has 1 N–H and O–H groups in total. The number of carbonyl (C=O) groups excluding carboxylic acids is 1. The molecule has 0 bridgehead atoms. The van der Waals surface area contributed by atoms with Crippen LogP contribution in [-0.4, -0.2) is 22.7 Å². The number of carboxylic acids is 1. The normalized spacial score (nSPS) is 10.1. The van der Waals surface area contributed by atoms with Crippen molar-refractivity contribution in [2.45, 2.75) is 19.8 Å². The Kier molecular flexibility index (Phi) is 4.50. The number of carbonyl (C=O) groups is 2. The topological polar surface area (TPSA) is 54.4 Å². The third kappa shape index (κ3) is 3.66. The Morgan fingerprint density at radius 3 is 2.50 bits per heavy atom. The highest BCUT2D eigenvalue weighted by Gasteiger charge is 2.10. The lowest BCUT2D eigenvalue weighted by Crippen LogP contribution is -2.09. The summed E-state index contributed by atoms with van der Waals surface area (Å²) in [6.45, 7) is 1.90. The molecule has 0 spiro atoms. The van der Waals surface area contributed by atoms with E-state index in [1.165, 1.54) is 0 Å². The van der Waals surface area contributed by atoms with Gasteiger partial charge in [0.15, 0.2) is 5.78 Å². The zero-order valence-electron chi connectivity index (χ0n) is 9.00. The number of hydrogen-bond acceptors (Lipinski definition) is 2. The standard InChI is InChI=1S/C12H13ClO3/c1-8-2-3-9(6-12(15)16)10(4-8)5-11(14)7-13/h2-4H,5-7H2,1H3,(H,15,16). The zero-order chi connectivity index (χ0) is 12.1. The van der Waals surface area contributed by atoms with E-state index in [2.05, 4.69) is 0 Å². The van der Waals surface area contributed by atoms with E-state index in [0.717, 1.165) is 11.1 Å². The van der Waals surface area contributed by atoms with Gasteiger partial charge < -0.3 is 5.11 Å². The molecule has 86 valence electrons. The maximum Gasteiger partial charge on any atom is 0.307 e. The van der Waals surface area contributed by atoms with E-state index in [4.69, 9.17) is 16.7 Å². The van der Waals surface area contributed by atoms with Crippen molar-refractivity contribution < 1.29 is 14.7 Å². The number of aliphatic carboxylic acids is 1. The predicted molar refractivity (Wildman–Crippen MR) is 61.9 cm³/mol. The lowest BCUT2D eigenvalue weighted by Gasteiger charge is -2.07. The van der Waals surface area contributed by atoms with Crippen molar-refractivity contribution in [3.63, 3.8) is 0 Å². The number of hydrogen-bond donors (Lipinski definition) is 1. The fourth-order valence-corrected chi connectivity index (χ4v) is 1.61. The first kappa shape index (κ1) is 12.7. The molecule has 0 atom stereocenters. The van der Waals surface area contributed by atoms with Gasteiger partial charge in [-0.2, -0.15) is 0 Å². The molecule has 0 aliphatic rings. The maximum absolute atomic E-state index is 11.3. The van der Waals surface area contributed by atoms with E-state index in [1.807, 2.05) is 19.1 Å². The van der Waals surface area contributed by atoms with Gasteiger partial charge in [-0.05, 0) is 18.1 Å². The molecule has 1 rings (SSSR count). The largest absolute Gasteiger partial charge is 0.481 e. The predicted octanol–water partition coefficient (Wildman–Crippen LogP) is 1.97. The molecule has 0 aromatic heterocycles. The fourth-order valence-electron chi connectivity index (χ4n) is 1.51. The van der Waals surface area contributed by atoms with Gasteiger partial charge in [-0.25, -0.2) is 0 Å². The van der Waals surface area contributed by atoms with E-state index < -0.39 is 5.97 Å². The van der Waals surface area contributed by atoms with Gasteiger partial charge >= 0.3 is 5.97 Å². The van der Waals surface area contributed by atoms with Crippen LogP contribution in [0.1, 0.15) is 16.7 Å². The molecule has 0 heterocycles.